The van der Waals surface area contributed by atoms with Crippen LogP contribution in [0.2, 0.25) is 0 Å². The third-order valence-corrected chi connectivity index (χ3v) is 16.6. The lowest BCUT2D eigenvalue weighted by atomic mass is 9.89. The van der Waals surface area contributed by atoms with Gasteiger partial charge in [0, 0.05) is 47.5 Å². The number of primary amides is 1. The number of fused-ring (bicyclic) bond motifs is 6. The van der Waals surface area contributed by atoms with E-state index in [2.05, 4.69) is 41.3 Å². The van der Waals surface area contributed by atoms with Gasteiger partial charge in [0.1, 0.15) is 37.2 Å². The second-order valence-corrected chi connectivity index (χ2v) is 24.5. The van der Waals surface area contributed by atoms with Gasteiger partial charge in [-0.1, -0.05) is 93.6 Å². The van der Waals surface area contributed by atoms with Crippen LogP contribution in [0, 0.1) is 12.8 Å². The summed E-state index contributed by atoms with van der Waals surface area (Å²) in [4.78, 5) is 97.3. The van der Waals surface area contributed by atoms with Gasteiger partial charge in [-0.3, -0.25) is 23.8 Å². The van der Waals surface area contributed by atoms with Crippen LogP contribution in [-0.4, -0.2) is 119 Å². The highest BCUT2D eigenvalue weighted by Gasteiger charge is 2.53. The fraction of sp³-hybridized carbons (Fsp3) is 0.381. The van der Waals surface area contributed by atoms with E-state index in [-0.39, 0.29) is 56.6 Å². The fourth-order valence-electron chi connectivity index (χ4n) is 11.2. The summed E-state index contributed by atoms with van der Waals surface area (Å²) in [5.74, 6) is -0.978. The Morgan fingerprint density at radius 3 is 2.22 bits per heavy atom. The molecule has 2 aromatic heterocycles. The molecular formula is C63H73N10O14P. The summed E-state index contributed by atoms with van der Waals surface area (Å²) in [6.45, 7) is 12.0. The van der Waals surface area contributed by atoms with Crippen LogP contribution in [0.1, 0.15) is 106 Å². The van der Waals surface area contributed by atoms with Crippen molar-refractivity contribution in [3.8, 4) is 34.0 Å². The van der Waals surface area contributed by atoms with E-state index in [9.17, 15) is 38.2 Å². The van der Waals surface area contributed by atoms with E-state index in [0.29, 0.717) is 70.9 Å². The summed E-state index contributed by atoms with van der Waals surface area (Å²) >= 11 is 0. The van der Waals surface area contributed by atoms with Crippen LogP contribution in [0.3, 0.4) is 0 Å². The molecule has 25 heteroatoms. The average molecular weight is 1230 g/mol. The molecule has 88 heavy (non-hydrogen) atoms. The van der Waals surface area contributed by atoms with E-state index in [4.69, 9.17) is 33.7 Å². The van der Waals surface area contributed by atoms with Crippen LogP contribution in [0.15, 0.2) is 115 Å². The molecule has 0 radical (unpaired) electrons. The number of aromatic nitrogens is 3. The van der Waals surface area contributed by atoms with Gasteiger partial charge in [-0.15, -0.1) is 10.2 Å². The molecule has 6 aromatic rings. The summed E-state index contributed by atoms with van der Waals surface area (Å²) in [6, 6.07) is 29.9. The highest BCUT2D eigenvalue weighted by Crippen LogP contribution is 2.50. The zero-order valence-electron chi connectivity index (χ0n) is 50.0. The number of phosphoric ester groups is 1. The Bertz CT molecular complexity index is 3560. The summed E-state index contributed by atoms with van der Waals surface area (Å²) in [7, 11) is -4.49. The Kier molecular flexibility index (Phi) is 19.8. The number of pyridine rings is 1. The lowest BCUT2D eigenvalue weighted by Crippen LogP contribution is -2.57. The van der Waals surface area contributed by atoms with E-state index in [1.54, 1.807) is 95.3 Å². The molecule has 1 fully saturated rings. The van der Waals surface area contributed by atoms with Crippen LogP contribution in [0.4, 0.5) is 31.6 Å². The quantitative estimate of drug-likeness (QED) is 0.0142. The first-order valence-corrected chi connectivity index (χ1v) is 30.5. The van der Waals surface area contributed by atoms with Crippen molar-refractivity contribution < 1.29 is 66.2 Å². The SMILES string of the molecule is CC[C@@]12C[C@@H](Oc3ncc(C=O)cc3C)CN1c1cc(-c3ccccc3OCOP(=O)(O)OC(C)(C)C)nnc1N(C(=O)OCc1ccc(NC(=O)[C@H](CCCNC(N)=O)NC(=O)[C@@H](NC(=O)OCC3c4ccccc4-c4ccccc43)C(C)C)cc1)C2. The Labute approximate surface area is 509 Å². The summed E-state index contributed by atoms with van der Waals surface area (Å²) in [5.41, 5.74) is 11.2. The highest BCUT2D eigenvalue weighted by molar-refractivity contribution is 7.47. The molecule has 0 spiro atoms. The van der Waals surface area contributed by atoms with Crippen LogP contribution in [0.25, 0.3) is 22.4 Å². The number of benzene rings is 4. The number of phosphoric acid groups is 1. The third kappa shape index (κ3) is 15.2. The number of anilines is 3. The van der Waals surface area contributed by atoms with Crippen molar-refractivity contribution in [3.05, 3.63) is 143 Å². The molecule has 2 aliphatic heterocycles. The number of ether oxygens (including phenoxy) is 4. The van der Waals surface area contributed by atoms with Crippen molar-refractivity contribution in [2.24, 2.45) is 11.7 Å². The molecule has 0 saturated carbocycles. The topological polar surface area (TPSA) is 314 Å². The molecule has 24 nitrogen and oxygen atoms in total. The van der Waals surface area contributed by atoms with Gasteiger partial charge in [0.05, 0.1) is 35.6 Å². The summed E-state index contributed by atoms with van der Waals surface area (Å²) in [6.07, 6.45) is 1.58. The normalized spacial score (nSPS) is 17.2. The minimum Gasteiger partial charge on any atom is -0.472 e. The fourth-order valence-corrected chi connectivity index (χ4v) is 12.1. The number of alkyl carbamates (subject to hydrolysis) is 1. The number of hydrogen-bond acceptors (Lipinski definition) is 17. The lowest BCUT2D eigenvalue weighted by Gasteiger charge is -2.46. The number of aryl methyl sites for hydroxylation is 1. The zero-order valence-corrected chi connectivity index (χ0v) is 50.9. The number of hydrogen-bond donors (Lipinski definition) is 6. The van der Waals surface area contributed by atoms with Crippen LogP contribution >= 0.6 is 7.82 Å². The van der Waals surface area contributed by atoms with E-state index in [0.717, 1.165) is 22.3 Å². The number of carbonyl (C=O) groups excluding carboxylic acids is 6. The van der Waals surface area contributed by atoms with Gasteiger partial charge in [-0.2, -0.15) is 0 Å². The van der Waals surface area contributed by atoms with Gasteiger partial charge in [0.2, 0.25) is 17.7 Å². The Morgan fingerprint density at radius 2 is 1.57 bits per heavy atom. The standard InChI is InChI=1S/C63H73N10O14P/c1-8-63-30-43(86-58-39(4)28-41(33-74)31-66-58)32-73(63)52-29-51(48-20-13-14-22-53(48)84-37-85-88(80,81)87-62(5,6)7)70-71-55(52)72(36-63)61(79)83-34-40-23-25-42(26-24-40)67-56(75)50(21-15-27-65-59(64)77)68-57(76)54(38(2)3)69-60(78)82-35-49-46-18-11-9-16-44(46)45-17-10-12-19-47(45)49/h9-14,16-20,22-26,28-29,31,33,38,43,49-50,54H,8,15,21,27,30,32,34-37H2,1-7H3,(H,67,75)(H,68,76)(H,69,78)(H,80,81)(H3,64,65,77)/t43-,50+,54+,63+/m1/s1. The number of amides is 6. The molecule has 1 unspecified atom stereocenters. The molecular weight excluding hydrogens is 1150 g/mol. The van der Waals surface area contributed by atoms with Gasteiger partial charge >= 0.3 is 26.0 Å². The van der Waals surface area contributed by atoms with Crippen LogP contribution < -0.4 is 46.3 Å². The smallest absolute Gasteiger partial charge is 0.472 e. The van der Waals surface area contributed by atoms with Crippen molar-refractivity contribution in [1.29, 1.82) is 0 Å². The minimum absolute atomic E-state index is 0.0357. The molecule has 1 aliphatic carbocycles. The number of aldehydes is 1. The molecule has 0 bridgehead atoms. The molecule has 6 amide bonds. The summed E-state index contributed by atoms with van der Waals surface area (Å²) < 4.78 is 47.1. The lowest BCUT2D eigenvalue weighted by molar-refractivity contribution is -0.128. The van der Waals surface area contributed by atoms with Gasteiger partial charge < -0.3 is 55.7 Å². The minimum atomic E-state index is -4.49. The Balaban J connectivity index is 0.876. The predicted octanol–water partition coefficient (Wildman–Crippen LogP) is 9.33. The van der Waals surface area contributed by atoms with Crippen molar-refractivity contribution >= 4 is 61.3 Å². The van der Waals surface area contributed by atoms with Gasteiger partial charge in [0.25, 0.3) is 0 Å². The van der Waals surface area contributed by atoms with E-state index >= 15 is 0 Å². The van der Waals surface area contributed by atoms with Gasteiger partial charge in [-0.25, -0.2) is 28.5 Å². The second kappa shape index (κ2) is 27.4. The monoisotopic (exact) mass is 1220 g/mol. The van der Waals surface area contributed by atoms with Gasteiger partial charge in [-0.05, 0) is 117 Å². The average Bonchev–Trinajstić information content (AvgIpc) is 1.48. The molecule has 9 rings (SSSR count). The molecule has 7 N–H and O–H groups in total. The zero-order chi connectivity index (χ0) is 62.9. The molecule has 5 atom stereocenters. The van der Waals surface area contributed by atoms with Crippen molar-refractivity contribution in [2.45, 2.75) is 116 Å². The maximum atomic E-state index is 14.5. The second-order valence-electron chi connectivity index (χ2n) is 23.2. The molecule has 1 saturated heterocycles. The number of nitrogens with zero attached hydrogens (tertiary/aromatic N) is 5. The number of urea groups is 1. The maximum Gasteiger partial charge on any atom is 0.475 e. The number of nitrogens with one attached hydrogen (secondary N) is 4. The van der Waals surface area contributed by atoms with E-state index < -0.39 is 79.9 Å². The maximum absolute atomic E-state index is 14.5. The molecule has 464 valence electrons. The van der Waals surface area contributed by atoms with Crippen LogP contribution in [-0.2, 0) is 39.3 Å². The Morgan fingerprint density at radius 1 is 0.886 bits per heavy atom. The number of nitrogens with two attached hydrogens (primary N) is 1. The molecule has 4 aromatic carbocycles. The van der Waals surface area contributed by atoms with E-state index in [1.807, 2.05) is 62.4 Å². The predicted molar refractivity (Wildman–Crippen MR) is 327 cm³/mol. The number of rotatable bonds is 24. The first-order chi connectivity index (χ1) is 42.0. The number of carbonyl (C=O) groups is 6. The van der Waals surface area contributed by atoms with Crippen LogP contribution in [0.5, 0.6) is 11.6 Å². The van der Waals surface area contributed by atoms with E-state index in [1.165, 1.54) is 11.1 Å². The highest BCUT2D eigenvalue weighted by atomic mass is 31.2. The third-order valence-electron chi connectivity index (χ3n) is 15.4. The van der Waals surface area contributed by atoms with Crippen molar-refractivity contribution in [3.63, 3.8) is 0 Å². The largest absolute Gasteiger partial charge is 0.475 e. The van der Waals surface area contributed by atoms with Crippen molar-refractivity contribution in [1.82, 2.24) is 31.1 Å². The first kappa shape index (κ1) is 63.5. The summed E-state index contributed by atoms with van der Waals surface area (Å²) in [5, 5.41) is 20.0. The molecule has 4 heterocycles. The molecule has 3 aliphatic rings. The van der Waals surface area contributed by atoms with Crippen molar-refractivity contribution in [2.75, 3.05) is 48.2 Å². The van der Waals surface area contributed by atoms with Gasteiger partial charge in [0.15, 0.2) is 18.9 Å². The first-order valence-electron chi connectivity index (χ1n) is 29.0. The Hall–Kier alpha value is -8.96. The number of para-hydroxylation sites is 1.